The van der Waals surface area contributed by atoms with Crippen molar-refractivity contribution >= 4 is 11.6 Å². The molecule has 0 spiro atoms. The third-order valence-corrected chi connectivity index (χ3v) is 2.99. The summed E-state index contributed by atoms with van der Waals surface area (Å²) >= 11 is 5.79. The van der Waals surface area contributed by atoms with E-state index in [2.05, 4.69) is 5.32 Å². The van der Waals surface area contributed by atoms with E-state index in [9.17, 15) is 13.9 Å². The average molecular weight is 248 g/mol. The van der Waals surface area contributed by atoms with Gasteiger partial charge in [0.1, 0.15) is 6.10 Å². The number of benzene rings is 1. The van der Waals surface area contributed by atoms with Gasteiger partial charge in [0.15, 0.2) is 0 Å². The molecule has 2 atom stereocenters. The van der Waals surface area contributed by atoms with Crippen LogP contribution in [-0.2, 0) is 6.42 Å². The second-order valence-electron chi connectivity index (χ2n) is 4.03. The normalized spacial score (nSPS) is 28.2. The first-order valence-electron chi connectivity index (χ1n) is 5.03. The summed E-state index contributed by atoms with van der Waals surface area (Å²) in [5.74, 6) is -3.04. The van der Waals surface area contributed by atoms with Crippen LogP contribution in [0.25, 0.3) is 0 Å². The van der Waals surface area contributed by atoms with Gasteiger partial charge in [-0.3, -0.25) is 0 Å². The van der Waals surface area contributed by atoms with Crippen LogP contribution in [0.3, 0.4) is 0 Å². The summed E-state index contributed by atoms with van der Waals surface area (Å²) in [6, 6.07) is 6.38. The van der Waals surface area contributed by atoms with Crippen LogP contribution >= 0.6 is 11.6 Å². The van der Waals surface area contributed by atoms with E-state index >= 15 is 0 Å². The molecule has 1 fully saturated rings. The van der Waals surface area contributed by atoms with Crippen LogP contribution in [0.2, 0.25) is 5.02 Å². The molecule has 1 saturated heterocycles. The molecule has 1 aromatic rings. The third-order valence-electron chi connectivity index (χ3n) is 2.76. The van der Waals surface area contributed by atoms with Gasteiger partial charge in [-0.25, -0.2) is 8.78 Å². The summed E-state index contributed by atoms with van der Waals surface area (Å²) in [6.07, 6.45) is -1.29. The zero-order valence-corrected chi connectivity index (χ0v) is 9.22. The molecule has 1 unspecified atom stereocenters. The van der Waals surface area contributed by atoms with Gasteiger partial charge in [-0.15, -0.1) is 0 Å². The van der Waals surface area contributed by atoms with Crippen molar-refractivity contribution in [1.29, 1.82) is 0 Å². The maximum atomic E-state index is 13.0. The zero-order chi connectivity index (χ0) is 11.8. The van der Waals surface area contributed by atoms with Crippen LogP contribution < -0.4 is 5.32 Å². The van der Waals surface area contributed by atoms with Gasteiger partial charge < -0.3 is 10.4 Å². The molecule has 5 heteroatoms. The monoisotopic (exact) mass is 247 g/mol. The van der Waals surface area contributed by atoms with Crippen LogP contribution in [0, 0.1) is 0 Å². The average Bonchev–Trinajstić information content (AvgIpc) is 2.45. The molecule has 0 aromatic heterocycles. The Bertz CT molecular complexity index is 386. The van der Waals surface area contributed by atoms with Crippen molar-refractivity contribution in [2.75, 3.05) is 6.54 Å². The van der Waals surface area contributed by atoms with Gasteiger partial charge in [0.2, 0.25) is 0 Å². The minimum absolute atomic E-state index is 0.345. The summed E-state index contributed by atoms with van der Waals surface area (Å²) in [4.78, 5) is 0. The van der Waals surface area contributed by atoms with E-state index in [4.69, 9.17) is 11.6 Å². The number of aliphatic hydroxyl groups excluding tert-OH is 1. The molecule has 0 aliphatic carbocycles. The van der Waals surface area contributed by atoms with Crippen LogP contribution in [-0.4, -0.2) is 29.7 Å². The standard InChI is InChI=1S/C11H12ClF2NO/c12-8-3-1-2-7(4-8)5-9-10(16)11(13,14)6-15-9/h1-4,9-10,15-16H,5-6H2/t9-,10?/m0/s1. The first kappa shape index (κ1) is 11.8. The van der Waals surface area contributed by atoms with E-state index in [0.717, 1.165) is 5.56 Å². The maximum Gasteiger partial charge on any atom is 0.287 e. The Morgan fingerprint density at radius 1 is 1.50 bits per heavy atom. The van der Waals surface area contributed by atoms with Crippen LogP contribution in [0.5, 0.6) is 0 Å². The highest BCUT2D eigenvalue weighted by Crippen LogP contribution is 2.27. The van der Waals surface area contributed by atoms with Gasteiger partial charge in [0, 0.05) is 11.1 Å². The van der Waals surface area contributed by atoms with Gasteiger partial charge in [0.05, 0.1) is 6.54 Å². The highest BCUT2D eigenvalue weighted by atomic mass is 35.5. The van der Waals surface area contributed by atoms with Crippen molar-refractivity contribution in [2.45, 2.75) is 24.5 Å². The Balaban J connectivity index is 2.06. The molecule has 0 amide bonds. The number of aliphatic hydroxyl groups is 1. The number of nitrogens with one attached hydrogen (secondary N) is 1. The lowest BCUT2D eigenvalue weighted by molar-refractivity contribution is -0.0804. The third kappa shape index (κ3) is 2.34. The minimum atomic E-state index is -3.04. The van der Waals surface area contributed by atoms with E-state index in [1.165, 1.54) is 0 Å². The van der Waals surface area contributed by atoms with E-state index in [-0.39, 0.29) is 0 Å². The number of alkyl halides is 2. The Morgan fingerprint density at radius 2 is 2.25 bits per heavy atom. The smallest absolute Gasteiger partial charge is 0.287 e. The van der Waals surface area contributed by atoms with E-state index in [1.807, 2.05) is 0 Å². The molecule has 2 rings (SSSR count). The summed E-state index contributed by atoms with van der Waals surface area (Å²) in [5.41, 5.74) is 0.835. The molecular formula is C11H12ClF2NO. The van der Waals surface area contributed by atoms with Crippen molar-refractivity contribution in [3.63, 3.8) is 0 Å². The lowest BCUT2D eigenvalue weighted by Crippen LogP contribution is -2.37. The first-order valence-corrected chi connectivity index (χ1v) is 5.40. The van der Waals surface area contributed by atoms with Gasteiger partial charge in [0.25, 0.3) is 5.92 Å². The highest BCUT2D eigenvalue weighted by molar-refractivity contribution is 6.30. The molecule has 1 aliphatic rings. The summed E-state index contributed by atoms with van der Waals surface area (Å²) in [7, 11) is 0. The first-order chi connectivity index (χ1) is 7.49. The summed E-state index contributed by atoms with van der Waals surface area (Å²) in [5, 5.41) is 12.6. The molecule has 1 aliphatic heterocycles. The SMILES string of the molecule is OC1[C@H](Cc2cccc(Cl)c2)NCC1(F)F. The molecule has 88 valence electrons. The van der Waals surface area contributed by atoms with Crippen LogP contribution in [0.15, 0.2) is 24.3 Å². The lowest BCUT2D eigenvalue weighted by atomic mass is 10.0. The van der Waals surface area contributed by atoms with Crippen molar-refractivity contribution in [2.24, 2.45) is 0 Å². The molecule has 1 aromatic carbocycles. The molecule has 16 heavy (non-hydrogen) atoms. The van der Waals surface area contributed by atoms with Gasteiger partial charge in [-0.1, -0.05) is 23.7 Å². The predicted molar refractivity (Wildman–Crippen MR) is 57.9 cm³/mol. The van der Waals surface area contributed by atoms with Crippen molar-refractivity contribution in [3.8, 4) is 0 Å². The maximum absolute atomic E-state index is 13.0. The fourth-order valence-corrected chi connectivity index (χ4v) is 2.09. The molecule has 0 saturated carbocycles. The fraction of sp³-hybridized carbons (Fsp3) is 0.455. The van der Waals surface area contributed by atoms with Gasteiger partial charge in [-0.2, -0.15) is 0 Å². The molecule has 0 bridgehead atoms. The summed E-state index contributed by atoms with van der Waals surface area (Å²) in [6.45, 7) is -0.473. The quantitative estimate of drug-likeness (QED) is 0.836. The molecule has 1 heterocycles. The number of halogens is 3. The largest absolute Gasteiger partial charge is 0.385 e. The van der Waals surface area contributed by atoms with E-state index in [1.54, 1.807) is 24.3 Å². The fourth-order valence-electron chi connectivity index (χ4n) is 1.88. The van der Waals surface area contributed by atoms with Gasteiger partial charge in [-0.05, 0) is 24.1 Å². The molecule has 2 nitrogen and oxygen atoms in total. The molecule has 2 N–H and O–H groups in total. The number of hydrogen-bond acceptors (Lipinski definition) is 2. The lowest BCUT2D eigenvalue weighted by Gasteiger charge is -2.17. The Morgan fingerprint density at radius 3 is 2.81 bits per heavy atom. The van der Waals surface area contributed by atoms with Crippen molar-refractivity contribution in [3.05, 3.63) is 34.9 Å². The topological polar surface area (TPSA) is 32.3 Å². The number of rotatable bonds is 2. The van der Waals surface area contributed by atoms with E-state index < -0.39 is 24.6 Å². The number of hydrogen-bond donors (Lipinski definition) is 2. The van der Waals surface area contributed by atoms with Crippen molar-refractivity contribution in [1.82, 2.24) is 5.32 Å². The Hall–Kier alpha value is -0.710. The Kier molecular flexibility index (Phi) is 3.15. The summed E-state index contributed by atoms with van der Waals surface area (Å²) < 4.78 is 26.1. The van der Waals surface area contributed by atoms with Crippen molar-refractivity contribution < 1.29 is 13.9 Å². The Labute approximate surface area is 97.2 Å². The molecular weight excluding hydrogens is 236 g/mol. The molecule has 0 radical (unpaired) electrons. The predicted octanol–water partition coefficient (Wildman–Crippen LogP) is 1.85. The minimum Gasteiger partial charge on any atom is -0.385 e. The van der Waals surface area contributed by atoms with Crippen LogP contribution in [0.1, 0.15) is 5.56 Å². The van der Waals surface area contributed by atoms with Gasteiger partial charge >= 0.3 is 0 Å². The second-order valence-corrected chi connectivity index (χ2v) is 4.46. The van der Waals surface area contributed by atoms with Crippen LogP contribution in [0.4, 0.5) is 8.78 Å². The zero-order valence-electron chi connectivity index (χ0n) is 8.46. The second kappa shape index (κ2) is 4.28. The van der Waals surface area contributed by atoms with E-state index in [0.29, 0.717) is 11.4 Å². The highest BCUT2D eigenvalue weighted by Gasteiger charge is 2.48.